The van der Waals surface area contributed by atoms with Gasteiger partial charge in [0, 0.05) is 12.3 Å². The highest BCUT2D eigenvalue weighted by Gasteiger charge is 2.05. The molecule has 0 aliphatic carbocycles. The number of methoxy groups -OCH3 is 1. The Balaban J connectivity index is 3.14. The third-order valence-electron chi connectivity index (χ3n) is 1.03. The van der Waals surface area contributed by atoms with Crippen LogP contribution in [-0.2, 0) is 0 Å². The van der Waals surface area contributed by atoms with Gasteiger partial charge < -0.3 is 4.74 Å². The number of hydrogen-bond acceptors (Lipinski definition) is 2. The zero-order valence-corrected chi connectivity index (χ0v) is 6.02. The number of nitrogens with zero attached hydrogens (tertiary/aromatic N) is 1. The number of ether oxygens (including phenoxy) is 1. The van der Waals surface area contributed by atoms with Gasteiger partial charge in [-0.3, -0.25) is 0 Å². The van der Waals surface area contributed by atoms with Crippen LogP contribution in [0.3, 0.4) is 0 Å². The van der Waals surface area contributed by atoms with Gasteiger partial charge in [0.15, 0.2) is 10.9 Å². The molecule has 0 spiro atoms. The van der Waals surface area contributed by atoms with Crippen LogP contribution in [0.1, 0.15) is 0 Å². The highest BCUT2D eigenvalue weighted by molar-refractivity contribution is 6.29. The van der Waals surface area contributed by atoms with Crippen molar-refractivity contribution in [2.24, 2.45) is 0 Å². The molecule has 10 heavy (non-hydrogen) atoms. The van der Waals surface area contributed by atoms with E-state index >= 15 is 0 Å². The van der Waals surface area contributed by atoms with Crippen LogP contribution in [0.5, 0.6) is 5.75 Å². The van der Waals surface area contributed by atoms with Crippen LogP contribution in [0.25, 0.3) is 0 Å². The molecule has 0 aliphatic rings. The zero-order valence-electron chi connectivity index (χ0n) is 5.27. The van der Waals surface area contributed by atoms with Crippen molar-refractivity contribution in [2.45, 2.75) is 0 Å². The molecule has 0 amide bonds. The first-order valence-corrected chi connectivity index (χ1v) is 2.97. The van der Waals surface area contributed by atoms with Gasteiger partial charge in [0.2, 0.25) is 5.82 Å². The molecule has 0 N–H and O–H groups in total. The Morgan fingerprint density at radius 2 is 2.40 bits per heavy atom. The van der Waals surface area contributed by atoms with Crippen molar-refractivity contribution in [2.75, 3.05) is 7.11 Å². The van der Waals surface area contributed by atoms with Crippen LogP contribution in [0.15, 0.2) is 12.3 Å². The van der Waals surface area contributed by atoms with Gasteiger partial charge in [-0.15, -0.1) is 0 Å². The summed E-state index contributed by atoms with van der Waals surface area (Å²) < 4.78 is 17.3. The molecule has 0 fully saturated rings. The first-order chi connectivity index (χ1) is 4.75. The molecule has 1 rings (SSSR count). The fourth-order valence-electron chi connectivity index (χ4n) is 0.560. The molecule has 0 radical (unpaired) electrons. The van der Waals surface area contributed by atoms with Gasteiger partial charge >= 0.3 is 0 Å². The van der Waals surface area contributed by atoms with E-state index in [1.807, 2.05) is 0 Å². The van der Waals surface area contributed by atoms with Crippen LogP contribution in [0.2, 0.25) is 5.15 Å². The Labute approximate surface area is 62.6 Å². The van der Waals surface area contributed by atoms with E-state index in [9.17, 15) is 4.39 Å². The molecule has 1 aromatic heterocycles. The smallest absolute Gasteiger partial charge is 0.202 e. The van der Waals surface area contributed by atoms with Gasteiger partial charge in [0.05, 0.1) is 7.11 Å². The summed E-state index contributed by atoms with van der Waals surface area (Å²) >= 11 is 5.33. The van der Waals surface area contributed by atoms with E-state index in [-0.39, 0.29) is 10.9 Å². The van der Waals surface area contributed by atoms with Gasteiger partial charge in [-0.05, 0) is 0 Å². The van der Waals surface area contributed by atoms with E-state index in [0.29, 0.717) is 0 Å². The number of hydrogen-bond donors (Lipinski definition) is 0. The minimum atomic E-state index is -0.619. The minimum absolute atomic E-state index is 0.111. The van der Waals surface area contributed by atoms with Gasteiger partial charge in [0.25, 0.3) is 0 Å². The van der Waals surface area contributed by atoms with Crippen molar-refractivity contribution in [3.63, 3.8) is 0 Å². The van der Waals surface area contributed by atoms with Crippen molar-refractivity contribution in [1.82, 2.24) is 4.98 Å². The zero-order chi connectivity index (χ0) is 7.56. The normalized spacial score (nSPS) is 9.50. The van der Waals surface area contributed by atoms with Crippen LogP contribution in [0.4, 0.5) is 4.39 Å². The van der Waals surface area contributed by atoms with Gasteiger partial charge in [-0.25, -0.2) is 4.98 Å². The average Bonchev–Trinajstić information content (AvgIpc) is 1.95. The Kier molecular flexibility index (Phi) is 2.06. The van der Waals surface area contributed by atoms with Crippen molar-refractivity contribution < 1.29 is 9.13 Å². The molecular formula is C6H5ClFNO. The standard InChI is InChI=1S/C6H5ClFNO/c1-10-4-2-3-9-6(7)5(4)8/h2-3H,1H3. The molecule has 0 aromatic carbocycles. The number of halogens is 2. The number of pyridine rings is 1. The summed E-state index contributed by atoms with van der Waals surface area (Å²) in [5.41, 5.74) is 0. The van der Waals surface area contributed by atoms with Crippen molar-refractivity contribution in [1.29, 1.82) is 0 Å². The van der Waals surface area contributed by atoms with Gasteiger partial charge in [-0.1, -0.05) is 11.6 Å². The molecule has 0 saturated heterocycles. The monoisotopic (exact) mass is 161 g/mol. The molecule has 2 nitrogen and oxygen atoms in total. The quantitative estimate of drug-likeness (QED) is 0.587. The Morgan fingerprint density at radius 3 is 2.90 bits per heavy atom. The summed E-state index contributed by atoms with van der Waals surface area (Å²) in [6.07, 6.45) is 1.38. The fraction of sp³-hybridized carbons (Fsp3) is 0.167. The first kappa shape index (κ1) is 7.28. The molecule has 0 bridgehead atoms. The Morgan fingerprint density at radius 1 is 1.70 bits per heavy atom. The summed E-state index contributed by atoms with van der Waals surface area (Å²) in [5, 5.41) is -0.167. The van der Waals surface area contributed by atoms with E-state index in [4.69, 9.17) is 11.6 Å². The molecule has 54 valence electrons. The number of rotatable bonds is 1. The van der Waals surface area contributed by atoms with E-state index in [0.717, 1.165) is 0 Å². The molecule has 0 aliphatic heterocycles. The second-order valence-corrected chi connectivity index (χ2v) is 1.98. The average molecular weight is 162 g/mol. The second-order valence-electron chi connectivity index (χ2n) is 1.62. The topological polar surface area (TPSA) is 22.1 Å². The van der Waals surface area contributed by atoms with E-state index in [1.165, 1.54) is 19.4 Å². The fourth-order valence-corrected chi connectivity index (χ4v) is 0.709. The van der Waals surface area contributed by atoms with Crippen LogP contribution in [0, 0.1) is 5.82 Å². The summed E-state index contributed by atoms with van der Waals surface area (Å²) in [5.74, 6) is -0.508. The third kappa shape index (κ3) is 1.19. The van der Waals surface area contributed by atoms with Crippen molar-refractivity contribution >= 4 is 11.6 Å². The molecule has 0 atom stereocenters. The van der Waals surface area contributed by atoms with Gasteiger partial charge in [0.1, 0.15) is 0 Å². The maximum atomic E-state index is 12.7. The lowest BCUT2D eigenvalue weighted by molar-refractivity contribution is 0.385. The Hall–Kier alpha value is -0.830. The lowest BCUT2D eigenvalue weighted by atomic mass is 10.4. The van der Waals surface area contributed by atoms with E-state index in [1.54, 1.807) is 0 Å². The predicted octanol–water partition coefficient (Wildman–Crippen LogP) is 1.88. The minimum Gasteiger partial charge on any atom is -0.494 e. The van der Waals surface area contributed by atoms with E-state index < -0.39 is 5.82 Å². The summed E-state index contributed by atoms with van der Waals surface area (Å²) in [6.45, 7) is 0. The molecule has 4 heteroatoms. The highest BCUT2D eigenvalue weighted by atomic mass is 35.5. The summed E-state index contributed by atoms with van der Waals surface area (Å²) in [7, 11) is 1.37. The Bertz CT molecular complexity index is 241. The molecular weight excluding hydrogens is 157 g/mol. The summed E-state index contributed by atoms with van der Waals surface area (Å²) in [6, 6.07) is 1.40. The third-order valence-corrected chi connectivity index (χ3v) is 1.29. The molecule has 1 heterocycles. The SMILES string of the molecule is COc1ccnc(Cl)c1F. The molecule has 0 unspecified atom stereocenters. The van der Waals surface area contributed by atoms with Gasteiger partial charge in [-0.2, -0.15) is 4.39 Å². The highest BCUT2D eigenvalue weighted by Crippen LogP contribution is 2.20. The second kappa shape index (κ2) is 2.84. The predicted molar refractivity (Wildman–Crippen MR) is 35.8 cm³/mol. The number of aromatic nitrogens is 1. The maximum Gasteiger partial charge on any atom is 0.202 e. The van der Waals surface area contributed by atoms with Crippen molar-refractivity contribution in [3.05, 3.63) is 23.2 Å². The van der Waals surface area contributed by atoms with Crippen molar-refractivity contribution in [3.8, 4) is 5.75 Å². The lowest BCUT2D eigenvalue weighted by Crippen LogP contribution is -1.89. The summed E-state index contributed by atoms with van der Waals surface area (Å²) in [4.78, 5) is 3.50. The van der Waals surface area contributed by atoms with Crippen LogP contribution < -0.4 is 4.74 Å². The first-order valence-electron chi connectivity index (χ1n) is 2.59. The maximum absolute atomic E-state index is 12.7. The van der Waals surface area contributed by atoms with Crippen LogP contribution >= 0.6 is 11.6 Å². The molecule has 1 aromatic rings. The van der Waals surface area contributed by atoms with Crippen LogP contribution in [-0.4, -0.2) is 12.1 Å². The molecule has 0 saturated carbocycles. The largest absolute Gasteiger partial charge is 0.494 e. The lowest BCUT2D eigenvalue weighted by Gasteiger charge is -1.99. The van der Waals surface area contributed by atoms with E-state index in [2.05, 4.69) is 9.72 Å².